The first-order valence-electron chi connectivity index (χ1n) is 2.98. The molecule has 0 aromatic heterocycles. The van der Waals surface area contributed by atoms with Crippen LogP contribution in [0.15, 0.2) is 4.99 Å². The highest BCUT2D eigenvalue weighted by Crippen LogP contribution is 1.97. The van der Waals surface area contributed by atoms with Crippen molar-refractivity contribution in [2.24, 2.45) is 4.99 Å². The molecule has 0 aromatic carbocycles. The van der Waals surface area contributed by atoms with Crippen LogP contribution in [-0.2, 0) is 4.79 Å². The van der Waals surface area contributed by atoms with Crippen LogP contribution < -0.4 is 0 Å². The summed E-state index contributed by atoms with van der Waals surface area (Å²) in [6.07, 6.45) is 1.38. The van der Waals surface area contributed by atoms with Gasteiger partial charge in [-0.25, -0.2) is 0 Å². The number of amides is 1. The van der Waals surface area contributed by atoms with Crippen molar-refractivity contribution in [3.63, 3.8) is 0 Å². The first-order valence-corrected chi connectivity index (χ1v) is 2.98. The molecule has 1 amide bonds. The molecule has 0 bridgehead atoms. The van der Waals surface area contributed by atoms with Gasteiger partial charge in [-0.15, -0.1) is 0 Å². The second-order valence-electron chi connectivity index (χ2n) is 2.35. The lowest BCUT2D eigenvalue weighted by molar-refractivity contribution is -0.123. The summed E-state index contributed by atoms with van der Waals surface area (Å²) in [6, 6.07) is 0.271. The van der Waals surface area contributed by atoms with E-state index < -0.39 is 0 Å². The summed E-state index contributed by atoms with van der Waals surface area (Å²) >= 11 is 0. The molecule has 0 spiro atoms. The van der Waals surface area contributed by atoms with Crippen LogP contribution in [0.2, 0.25) is 0 Å². The molecule has 1 atom stereocenters. The number of hydrogen-bond donors (Lipinski definition) is 0. The summed E-state index contributed by atoms with van der Waals surface area (Å²) in [5.74, 6) is 0.00750. The van der Waals surface area contributed by atoms with Gasteiger partial charge in [0, 0.05) is 13.6 Å². The van der Waals surface area contributed by atoms with Crippen molar-refractivity contribution in [1.82, 2.24) is 4.90 Å². The Hall–Kier alpha value is -0.860. The van der Waals surface area contributed by atoms with Gasteiger partial charge >= 0.3 is 0 Å². The number of nitrogens with zero attached hydrogens (tertiary/aromatic N) is 2. The van der Waals surface area contributed by atoms with Gasteiger partial charge in [0.25, 0.3) is 5.91 Å². The molecule has 0 saturated carbocycles. The maximum atomic E-state index is 10.7. The number of rotatable bonds is 0. The van der Waals surface area contributed by atoms with E-state index in [0.29, 0.717) is 0 Å². The minimum atomic E-state index is 0.00750. The zero-order chi connectivity index (χ0) is 6.85. The lowest BCUT2D eigenvalue weighted by Crippen LogP contribution is -2.37. The van der Waals surface area contributed by atoms with Crippen LogP contribution in [-0.4, -0.2) is 36.7 Å². The molecule has 50 valence electrons. The maximum Gasteiger partial charge on any atom is 0.264 e. The lowest BCUT2D eigenvalue weighted by atomic mass is 10.3. The molecule has 3 heteroatoms. The maximum absolute atomic E-state index is 10.7. The SMILES string of the molecule is CC1CN(C)C(=O)C=N1. The third-order valence-corrected chi connectivity index (χ3v) is 1.35. The van der Waals surface area contributed by atoms with Gasteiger partial charge in [0.1, 0.15) is 0 Å². The molecule has 0 N–H and O–H groups in total. The summed E-state index contributed by atoms with van der Waals surface area (Å²) in [5.41, 5.74) is 0. The van der Waals surface area contributed by atoms with Gasteiger partial charge in [-0.05, 0) is 6.92 Å². The molecule has 1 heterocycles. The third kappa shape index (κ3) is 1.28. The highest BCUT2D eigenvalue weighted by molar-refractivity contribution is 6.26. The molecule has 3 nitrogen and oxygen atoms in total. The Morgan fingerprint density at radius 1 is 1.89 bits per heavy atom. The Morgan fingerprint density at radius 2 is 2.56 bits per heavy atom. The van der Waals surface area contributed by atoms with Crippen molar-refractivity contribution in [2.45, 2.75) is 13.0 Å². The molecule has 0 aromatic rings. The molecular weight excluding hydrogens is 116 g/mol. The molecule has 1 rings (SSSR count). The monoisotopic (exact) mass is 126 g/mol. The third-order valence-electron chi connectivity index (χ3n) is 1.35. The normalized spacial score (nSPS) is 27.1. The largest absolute Gasteiger partial charge is 0.339 e. The first-order chi connectivity index (χ1) is 4.20. The minimum Gasteiger partial charge on any atom is -0.339 e. The van der Waals surface area contributed by atoms with Gasteiger partial charge in [0.05, 0.1) is 12.3 Å². The van der Waals surface area contributed by atoms with E-state index in [2.05, 4.69) is 4.99 Å². The van der Waals surface area contributed by atoms with Crippen LogP contribution in [0.4, 0.5) is 0 Å². The van der Waals surface area contributed by atoms with Crippen molar-refractivity contribution in [3.05, 3.63) is 0 Å². The van der Waals surface area contributed by atoms with Crippen molar-refractivity contribution < 1.29 is 4.79 Å². The Kier molecular flexibility index (Phi) is 1.51. The highest BCUT2D eigenvalue weighted by atomic mass is 16.2. The quantitative estimate of drug-likeness (QED) is 0.446. The van der Waals surface area contributed by atoms with E-state index in [4.69, 9.17) is 0 Å². The van der Waals surface area contributed by atoms with Gasteiger partial charge in [-0.1, -0.05) is 0 Å². The summed E-state index contributed by atoms with van der Waals surface area (Å²) in [5, 5.41) is 0. The van der Waals surface area contributed by atoms with Crippen LogP contribution >= 0.6 is 0 Å². The fraction of sp³-hybridized carbons (Fsp3) is 0.667. The van der Waals surface area contributed by atoms with Crippen LogP contribution in [0.3, 0.4) is 0 Å². The van der Waals surface area contributed by atoms with Gasteiger partial charge in [0.2, 0.25) is 0 Å². The summed E-state index contributed by atoms with van der Waals surface area (Å²) in [6.45, 7) is 2.73. The van der Waals surface area contributed by atoms with E-state index in [0.717, 1.165) is 6.54 Å². The molecule has 0 aliphatic carbocycles. The Morgan fingerprint density at radius 3 is 3.00 bits per heavy atom. The zero-order valence-electron chi connectivity index (χ0n) is 5.66. The second-order valence-corrected chi connectivity index (χ2v) is 2.35. The van der Waals surface area contributed by atoms with E-state index in [-0.39, 0.29) is 11.9 Å². The number of hydrogen-bond acceptors (Lipinski definition) is 2. The summed E-state index contributed by atoms with van der Waals surface area (Å²) in [4.78, 5) is 16.3. The first kappa shape index (κ1) is 6.26. The van der Waals surface area contributed by atoms with E-state index in [1.807, 2.05) is 6.92 Å². The second kappa shape index (κ2) is 2.17. The molecule has 1 unspecified atom stereocenters. The standard InChI is InChI=1S/C6H10N2O/c1-5-4-8(2)6(9)3-7-5/h3,5H,4H2,1-2H3. The van der Waals surface area contributed by atoms with Gasteiger partial charge < -0.3 is 4.90 Å². The Labute approximate surface area is 54.4 Å². The highest BCUT2D eigenvalue weighted by Gasteiger charge is 2.13. The molecular formula is C6H10N2O. The van der Waals surface area contributed by atoms with Crippen LogP contribution in [0.5, 0.6) is 0 Å². The van der Waals surface area contributed by atoms with Crippen LogP contribution in [0.1, 0.15) is 6.92 Å². The van der Waals surface area contributed by atoms with E-state index in [1.54, 1.807) is 11.9 Å². The van der Waals surface area contributed by atoms with Crippen molar-refractivity contribution in [1.29, 1.82) is 0 Å². The molecule has 0 saturated heterocycles. The van der Waals surface area contributed by atoms with Gasteiger partial charge in [0.15, 0.2) is 0 Å². The fourth-order valence-corrected chi connectivity index (χ4v) is 0.823. The van der Waals surface area contributed by atoms with E-state index in [9.17, 15) is 4.79 Å². The molecule has 9 heavy (non-hydrogen) atoms. The topological polar surface area (TPSA) is 32.7 Å². The molecule has 0 radical (unpaired) electrons. The fourth-order valence-electron chi connectivity index (χ4n) is 0.823. The summed E-state index contributed by atoms with van der Waals surface area (Å²) < 4.78 is 0. The minimum absolute atomic E-state index is 0.00750. The summed E-state index contributed by atoms with van der Waals surface area (Å²) in [7, 11) is 1.78. The predicted molar refractivity (Wildman–Crippen MR) is 35.6 cm³/mol. The van der Waals surface area contributed by atoms with Gasteiger partial charge in [-0.3, -0.25) is 9.79 Å². The number of carbonyl (C=O) groups is 1. The van der Waals surface area contributed by atoms with E-state index >= 15 is 0 Å². The molecule has 0 fully saturated rings. The number of aliphatic imine (C=N–C) groups is 1. The Balaban J connectivity index is 2.65. The smallest absolute Gasteiger partial charge is 0.264 e. The molecule has 1 aliphatic heterocycles. The zero-order valence-corrected chi connectivity index (χ0v) is 5.66. The van der Waals surface area contributed by atoms with Crippen LogP contribution in [0.25, 0.3) is 0 Å². The van der Waals surface area contributed by atoms with Crippen molar-refractivity contribution in [2.75, 3.05) is 13.6 Å². The average Bonchev–Trinajstić information content (AvgIpc) is 1.80. The van der Waals surface area contributed by atoms with Crippen LogP contribution in [0, 0.1) is 0 Å². The Bertz CT molecular complexity index is 153. The van der Waals surface area contributed by atoms with Gasteiger partial charge in [-0.2, -0.15) is 0 Å². The number of carbonyl (C=O) groups excluding carboxylic acids is 1. The lowest BCUT2D eigenvalue weighted by Gasteiger charge is -2.21. The van der Waals surface area contributed by atoms with Crippen molar-refractivity contribution >= 4 is 12.1 Å². The van der Waals surface area contributed by atoms with Crippen molar-refractivity contribution in [3.8, 4) is 0 Å². The predicted octanol–water partition coefficient (Wildman–Crippen LogP) is -0.0823. The van der Waals surface area contributed by atoms with E-state index in [1.165, 1.54) is 6.21 Å². The average molecular weight is 126 g/mol. The molecule has 1 aliphatic rings. The number of likely N-dealkylation sites (N-methyl/N-ethyl adjacent to an activating group) is 1.